The lowest BCUT2D eigenvalue weighted by Crippen LogP contribution is -2.41. The zero-order valence-corrected chi connectivity index (χ0v) is 12.4. The zero-order valence-electron chi connectivity index (χ0n) is 12.4. The number of aliphatic hydroxyl groups excluding tert-OH is 1. The van der Waals surface area contributed by atoms with E-state index >= 15 is 0 Å². The summed E-state index contributed by atoms with van der Waals surface area (Å²) in [5.74, 6) is 0.619. The predicted molar refractivity (Wildman–Crippen MR) is 74.3 cm³/mol. The number of hydrogen-bond donors (Lipinski definition) is 2. The zero-order chi connectivity index (χ0) is 14.1. The highest BCUT2D eigenvalue weighted by molar-refractivity contribution is 4.67. The largest absolute Gasteiger partial charge is 0.389 e. The van der Waals surface area contributed by atoms with Crippen LogP contribution in [0, 0.1) is 5.92 Å². The first-order valence-corrected chi connectivity index (χ1v) is 7.27. The minimum atomic E-state index is -0.473. The van der Waals surface area contributed by atoms with Gasteiger partial charge in [0.25, 0.3) is 0 Å². The first kappa shape index (κ1) is 16.9. The smallest absolute Gasteiger partial charge is 0.0933 e. The van der Waals surface area contributed by atoms with Crippen LogP contribution in [0.2, 0.25) is 0 Å². The van der Waals surface area contributed by atoms with Gasteiger partial charge < -0.3 is 24.6 Å². The van der Waals surface area contributed by atoms with Gasteiger partial charge in [-0.2, -0.15) is 0 Å². The second kappa shape index (κ2) is 9.66. The number of hydrogen-bond acceptors (Lipinski definition) is 5. The van der Waals surface area contributed by atoms with Gasteiger partial charge in [0.15, 0.2) is 0 Å². The van der Waals surface area contributed by atoms with E-state index < -0.39 is 6.10 Å². The van der Waals surface area contributed by atoms with Crippen LogP contribution in [0.4, 0.5) is 0 Å². The number of rotatable bonds is 9. The Kier molecular flexibility index (Phi) is 8.57. The fourth-order valence-electron chi connectivity index (χ4n) is 2.13. The van der Waals surface area contributed by atoms with Gasteiger partial charge in [0.05, 0.1) is 44.7 Å². The van der Waals surface area contributed by atoms with E-state index in [1.54, 1.807) is 0 Å². The van der Waals surface area contributed by atoms with Gasteiger partial charge in [0.1, 0.15) is 0 Å². The number of ether oxygens (including phenoxy) is 3. The van der Waals surface area contributed by atoms with E-state index in [1.807, 2.05) is 6.92 Å². The third-order valence-electron chi connectivity index (χ3n) is 3.01. The summed E-state index contributed by atoms with van der Waals surface area (Å²) in [4.78, 5) is 0. The van der Waals surface area contributed by atoms with Crippen molar-refractivity contribution in [1.82, 2.24) is 5.32 Å². The van der Waals surface area contributed by atoms with Crippen molar-refractivity contribution in [2.75, 3.05) is 39.5 Å². The number of nitrogens with one attached hydrogen (secondary N) is 1. The van der Waals surface area contributed by atoms with Crippen molar-refractivity contribution >= 4 is 0 Å². The minimum Gasteiger partial charge on any atom is -0.389 e. The molecule has 19 heavy (non-hydrogen) atoms. The van der Waals surface area contributed by atoms with E-state index in [0.717, 1.165) is 6.42 Å². The van der Waals surface area contributed by atoms with E-state index in [-0.39, 0.29) is 12.2 Å². The van der Waals surface area contributed by atoms with Crippen LogP contribution in [0.3, 0.4) is 0 Å². The van der Waals surface area contributed by atoms with Crippen molar-refractivity contribution in [3.05, 3.63) is 0 Å². The molecule has 0 aliphatic carbocycles. The van der Waals surface area contributed by atoms with Crippen molar-refractivity contribution in [1.29, 1.82) is 0 Å². The summed E-state index contributed by atoms with van der Waals surface area (Å²) in [5.41, 5.74) is 0. The molecular weight excluding hydrogens is 246 g/mol. The van der Waals surface area contributed by atoms with E-state index in [4.69, 9.17) is 14.2 Å². The normalized spacial score (nSPS) is 23.5. The molecule has 0 amide bonds. The van der Waals surface area contributed by atoms with Gasteiger partial charge in [0, 0.05) is 13.1 Å². The molecule has 1 aliphatic rings. The molecule has 0 saturated carbocycles. The Balaban J connectivity index is 1.99. The van der Waals surface area contributed by atoms with Gasteiger partial charge >= 0.3 is 0 Å². The van der Waals surface area contributed by atoms with Crippen molar-refractivity contribution in [3.8, 4) is 0 Å². The summed E-state index contributed by atoms with van der Waals surface area (Å²) in [7, 11) is 0. The van der Waals surface area contributed by atoms with Gasteiger partial charge in [-0.1, -0.05) is 13.8 Å². The molecule has 5 heteroatoms. The van der Waals surface area contributed by atoms with E-state index in [0.29, 0.717) is 45.4 Å². The van der Waals surface area contributed by atoms with Crippen molar-refractivity contribution in [2.24, 2.45) is 5.92 Å². The molecule has 1 aliphatic heterocycles. The van der Waals surface area contributed by atoms with Crippen LogP contribution in [0.1, 0.15) is 27.2 Å². The standard InChI is InChI=1S/C14H29NO4/c1-11(2)6-12(3)19-9-13(16)7-15-8-14-10-17-4-5-18-14/h11-16H,4-10H2,1-3H3. The molecular formula is C14H29NO4. The van der Waals surface area contributed by atoms with Crippen LogP contribution < -0.4 is 5.32 Å². The summed E-state index contributed by atoms with van der Waals surface area (Å²) < 4.78 is 16.4. The molecule has 1 saturated heterocycles. The van der Waals surface area contributed by atoms with Crippen LogP contribution in [0.25, 0.3) is 0 Å². The maximum absolute atomic E-state index is 9.80. The predicted octanol–water partition coefficient (Wildman–Crippen LogP) is 0.804. The molecule has 1 fully saturated rings. The fourth-order valence-corrected chi connectivity index (χ4v) is 2.13. The molecule has 0 aromatic carbocycles. The SMILES string of the molecule is CC(C)CC(C)OCC(O)CNCC1COCCO1. The monoisotopic (exact) mass is 275 g/mol. The van der Waals surface area contributed by atoms with Gasteiger partial charge in [-0.15, -0.1) is 0 Å². The Morgan fingerprint density at radius 1 is 1.32 bits per heavy atom. The van der Waals surface area contributed by atoms with Crippen LogP contribution in [-0.2, 0) is 14.2 Å². The van der Waals surface area contributed by atoms with E-state index in [9.17, 15) is 5.11 Å². The van der Waals surface area contributed by atoms with Crippen molar-refractivity contribution in [3.63, 3.8) is 0 Å². The summed E-state index contributed by atoms with van der Waals surface area (Å²) in [5, 5.41) is 13.0. The highest BCUT2D eigenvalue weighted by Gasteiger charge is 2.15. The topological polar surface area (TPSA) is 60.0 Å². The lowest BCUT2D eigenvalue weighted by molar-refractivity contribution is -0.0873. The Bertz CT molecular complexity index is 219. The molecule has 1 rings (SSSR count). The molecule has 1 heterocycles. The quantitative estimate of drug-likeness (QED) is 0.652. The minimum absolute atomic E-state index is 0.0988. The fraction of sp³-hybridized carbons (Fsp3) is 1.00. The molecule has 5 nitrogen and oxygen atoms in total. The molecule has 114 valence electrons. The summed E-state index contributed by atoms with van der Waals surface area (Å²) in [6.07, 6.45) is 0.846. The highest BCUT2D eigenvalue weighted by Crippen LogP contribution is 2.07. The molecule has 0 aromatic rings. The first-order valence-electron chi connectivity index (χ1n) is 7.27. The van der Waals surface area contributed by atoms with Crippen molar-refractivity contribution in [2.45, 2.75) is 45.5 Å². The van der Waals surface area contributed by atoms with E-state index in [1.165, 1.54) is 0 Å². The van der Waals surface area contributed by atoms with Gasteiger partial charge in [-0.05, 0) is 19.3 Å². The average Bonchev–Trinajstić information content (AvgIpc) is 2.37. The van der Waals surface area contributed by atoms with Crippen molar-refractivity contribution < 1.29 is 19.3 Å². The molecule has 0 bridgehead atoms. The maximum Gasteiger partial charge on any atom is 0.0933 e. The Morgan fingerprint density at radius 2 is 2.11 bits per heavy atom. The third-order valence-corrected chi connectivity index (χ3v) is 3.01. The molecule has 0 aromatic heterocycles. The highest BCUT2D eigenvalue weighted by atomic mass is 16.6. The first-order chi connectivity index (χ1) is 9.08. The molecule has 0 spiro atoms. The molecule has 2 N–H and O–H groups in total. The summed E-state index contributed by atoms with van der Waals surface area (Å²) in [6, 6.07) is 0. The Hall–Kier alpha value is -0.200. The van der Waals surface area contributed by atoms with Gasteiger partial charge in [-0.3, -0.25) is 0 Å². The number of aliphatic hydroxyl groups is 1. The summed E-state index contributed by atoms with van der Waals surface area (Å²) >= 11 is 0. The van der Waals surface area contributed by atoms with Gasteiger partial charge in [-0.25, -0.2) is 0 Å². The lowest BCUT2D eigenvalue weighted by Gasteiger charge is -2.24. The van der Waals surface area contributed by atoms with E-state index in [2.05, 4.69) is 19.2 Å². The second-order valence-electron chi connectivity index (χ2n) is 5.65. The maximum atomic E-state index is 9.80. The van der Waals surface area contributed by atoms with Crippen LogP contribution in [0.5, 0.6) is 0 Å². The van der Waals surface area contributed by atoms with Gasteiger partial charge in [0.2, 0.25) is 0 Å². The summed E-state index contributed by atoms with van der Waals surface area (Å²) in [6.45, 7) is 9.97. The second-order valence-corrected chi connectivity index (χ2v) is 5.65. The van der Waals surface area contributed by atoms with Crippen LogP contribution in [0.15, 0.2) is 0 Å². The third kappa shape index (κ3) is 8.55. The molecule has 0 radical (unpaired) electrons. The molecule has 3 atom stereocenters. The average molecular weight is 275 g/mol. The molecule has 3 unspecified atom stereocenters. The Labute approximate surface area is 116 Å². The Morgan fingerprint density at radius 3 is 2.74 bits per heavy atom. The van der Waals surface area contributed by atoms with Crippen LogP contribution in [-0.4, -0.2) is 62.9 Å². The lowest BCUT2D eigenvalue weighted by atomic mass is 10.1. The van der Waals surface area contributed by atoms with Crippen LogP contribution >= 0.6 is 0 Å².